The molecule has 1 saturated heterocycles. The second-order valence-corrected chi connectivity index (χ2v) is 6.21. The van der Waals surface area contributed by atoms with Gasteiger partial charge in [0.15, 0.2) is 0 Å². The third-order valence-electron chi connectivity index (χ3n) is 3.24. The number of piperazine rings is 1. The Bertz CT molecular complexity index is 216. The van der Waals surface area contributed by atoms with E-state index in [1.54, 1.807) is 0 Å². The number of ether oxygens (including phenoxy) is 1. The minimum atomic E-state index is -0.0194. The number of hydrogen-bond acceptors (Lipinski definition) is 3. The third kappa shape index (κ3) is 5.84. The standard InChI is InChI=1S/C14H30N2O/c1-6-17-14(4,5)11-16-8-7-15-13(10-16)9-12(2)3/h12-13,15H,6-11H2,1-5H3. The molecule has 0 aliphatic carbocycles. The summed E-state index contributed by atoms with van der Waals surface area (Å²) in [5.41, 5.74) is -0.0194. The molecule has 1 heterocycles. The van der Waals surface area contributed by atoms with E-state index in [1.165, 1.54) is 6.42 Å². The first-order valence-corrected chi connectivity index (χ1v) is 7.02. The summed E-state index contributed by atoms with van der Waals surface area (Å²) in [6, 6.07) is 0.654. The Kier molecular flexibility index (Phi) is 5.90. The highest BCUT2D eigenvalue weighted by atomic mass is 16.5. The van der Waals surface area contributed by atoms with Gasteiger partial charge in [0.2, 0.25) is 0 Å². The van der Waals surface area contributed by atoms with E-state index in [4.69, 9.17) is 4.74 Å². The highest BCUT2D eigenvalue weighted by molar-refractivity contribution is 4.83. The van der Waals surface area contributed by atoms with Crippen molar-refractivity contribution in [1.82, 2.24) is 10.2 Å². The molecule has 1 unspecified atom stereocenters. The van der Waals surface area contributed by atoms with Crippen LogP contribution in [0.3, 0.4) is 0 Å². The second kappa shape index (κ2) is 6.72. The predicted molar refractivity (Wildman–Crippen MR) is 73.4 cm³/mol. The molecule has 1 aliphatic heterocycles. The number of nitrogens with zero attached hydrogens (tertiary/aromatic N) is 1. The van der Waals surface area contributed by atoms with Crippen LogP contribution < -0.4 is 5.32 Å². The van der Waals surface area contributed by atoms with E-state index in [2.05, 4.69) is 44.8 Å². The van der Waals surface area contributed by atoms with Crippen molar-refractivity contribution >= 4 is 0 Å². The van der Waals surface area contributed by atoms with Gasteiger partial charge in [-0.25, -0.2) is 0 Å². The average Bonchev–Trinajstić information content (AvgIpc) is 2.15. The molecule has 0 radical (unpaired) electrons. The Morgan fingerprint density at radius 3 is 2.71 bits per heavy atom. The highest BCUT2D eigenvalue weighted by Gasteiger charge is 2.26. The van der Waals surface area contributed by atoms with Crippen LogP contribution in [0.4, 0.5) is 0 Å². The zero-order valence-electron chi connectivity index (χ0n) is 12.3. The summed E-state index contributed by atoms with van der Waals surface area (Å²) in [5, 5.41) is 3.62. The van der Waals surface area contributed by atoms with Gasteiger partial charge in [-0.3, -0.25) is 4.90 Å². The van der Waals surface area contributed by atoms with Crippen LogP contribution in [0, 0.1) is 5.92 Å². The van der Waals surface area contributed by atoms with Crippen molar-refractivity contribution in [2.75, 3.05) is 32.8 Å². The van der Waals surface area contributed by atoms with Crippen LogP contribution >= 0.6 is 0 Å². The van der Waals surface area contributed by atoms with E-state index in [0.717, 1.165) is 38.7 Å². The lowest BCUT2D eigenvalue weighted by atomic mass is 10.0. The molecule has 1 N–H and O–H groups in total. The van der Waals surface area contributed by atoms with Gasteiger partial charge in [0, 0.05) is 38.8 Å². The molecular formula is C14H30N2O. The normalized spacial score (nSPS) is 23.3. The van der Waals surface area contributed by atoms with Gasteiger partial charge >= 0.3 is 0 Å². The van der Waals surface area contributed by atoms with Crippen molar-refractivity contribution < 1.29 is 4.74 Å². The van der Waals surface area contributed by atoms with Crippen molar-refractivity contribution in [3.05, 3.63) is 0 Å². The Labute approximate surface area is 107 Å². The molecule has 0 bridgehead atoms. The maximum atomic E-state index is 5.79. The maximum Gasteiger partial charge on any atom is 0.0752 e. The third-order valence-corrected chi connectivity index (χ3v) is 3.24. The van der Waals surface area contributed by atoms with Crippen molar-refractivity contribution in [2.24, 2.45) is 5.92 Å². The quantitative estimate of drug-likeness (QED) is 0.772. The van der Waals surface area contributed by atoms with E-state index in [-0.39, 0.29) is 5.60 Å². The van der Waals surface area contributed by atoms with Gasteiger partial charge in [-0.1, -0.05) is 13.8 Å². The first kappa shape index (κ1) is 14.9. The summed E-state index contributed by atoms with van der Waals surface area (Å²) in [6.07, 6.45) is 1.27. The summed E-state index contributed by atoms with van der Waals surface area (Å²) in [4.78, 5) is 2.54. The van der Waals surface area contributed by atoms with Gasteiger partial charge in [-0.2, -0.15) is 0 Å². The van der Waals surface area contributed by atoms with Crippen molar-refractivity contribution in [3.63, 3.8) is 0 Å². The van der Waals surface area contributed by atoms with E-state index < -0.39 is 0 Å². The summed E-state index contributed by atoms with van der Waals surface area (Å²) in [6.45, 7) is 16.3. The van der Waals surface area contributed by atoms with E-state index >= 15 is 0 Å². The SMILES string of the molecule is CCOC(C)(C)CN1CCNC(CC(C)C)C1. The van der Waals surface area contributed by atoms with Gasteiger partial charge in [-0.05, 0) is 33.1 Å². The number of nitrogens with one attached hydrogen (secondary N) is 1. The van der Waals surface area contributed by atoms with Crippen LogP contribution in [-0.4, -0.2) is 49.3 Å². The molecule has 0 aromatic heterocycles. The van der Waals surface area contributed by atoms with Crippen molar-refractivity contribution in [3.8, 4) is 0 Å². The monoisotopic (exact) mass is 242 g/mol. The Morgan fingerprint density at radius 2 is 2.12 bits per heavy atom. The van der Waals surface area contributed by atoms with E-state index in [9.17, 15) is 0 Å². The minimum Gasteiger partial charge on any atom is -0.375 e. The first-order chi connectivity index (χ1) is 7.93. The molecule has 3 nitrogen and oxygen atoms in total. The zero-order chi connectivity index (χ0) is 12.9. The Morgan fingerprint density at radius 1 is 1.41 bits per heavy atom. The van der Waals surface area contributed by atoms with Crippen LogP contribution in [-0.2, 0) is 4.74 Å². The van der Waals surface area contributed by atoms with Gasteiger partial charge in [0.05, 0.1) is 5.60 Å². The fourth-order valence-electron chi connectivity index (χ4n) is 2.74. The predicted octanol–water partition coefficient (Wildman–Crippen LogP) is 2.12. The minimum absolute atomic E-state index is 0.0194. The molecule has 17 heavy (non-hydrogen) atoms. The Balaban J connectivity index is 2.38. The van der Waals surface area contributed by atoms with Crippen LogP contribution in [0.15, 0.2) is 0 Å². The number of hydrogen-bond donors (Lipinski definition) is 1. The zero-order valence-corrected chi connectivity index (χ0v) is 12.3. The highest BCUT2D eigenvalue weighted by Crippen LogP contribution is 2.15. The van der Waals surface area contributed by atoms with Gasteiger partial charge in [0.25, 0.3) is 0 Å². The second-order valence-electron chi connectivity index (χ2n) is 6.21. The molecule has 1 rings (SSSR count). The molecule has 0 amide bonds. The largest absolute Gasteiger partial charge is 0.375 e. The lowest BCUT2D eigenvalue weighted by Gasteiger charge is -2.38. The van der Waals surface area contributed by atoms with Gasteiger partial charge in [0.1, 0.15) is 0 Å². The molecule has 0 aromatic rings. The lowest BCUT2D eigenvalue weighted by molar-refractivity contribution is -0.0387. The number of rotatable bonds is 6. The molecule has 1 aliphatic rings. The van der Waals surface area contributed by atoms with Crippen molar-refractivity contribution in [1.29, 1.82) is 0 Å². The molecular weight excluding hydrogens is 212 g/mol. The summed E-state index contributed by atoms with van der Waals surface area (Å²) in [5.74, 6) is 0.771. The maximum absolute atomic E-state index is 5.79. The molecule has 0 spiro atoms. The fourth-order valence-corrected chi connectivity index (χ4v) is 2.74. The van der Waals surface area contributed by atoms with E-state index in [1.807, 2.05) is 0 Å². The van der Waals surface area contributed by atoms with Gasteiger partial charge < -0.3 is 10.1 Å². The average molecular weight is 242 g/mol. The summed E-state index contributed by atoms with van der Waals surface area (Å²) < 4.78 is 5.79. The molecule has 0 saturated carbocycles. The molecule has 1 atom stereocenters. The van der Waals surface area contributed by atoms with Crippen molar-refractivity contribution in [2.45, 2.75) is 52.7 Å². The first-order valence-electron chi connectivity index (χ1n) is 7.02. The van der Waals surface area contributed by atoms with Crippen LogP contribution in [0.1, 0.15) is 41.0 Å². The molecule has 0 aromatic carbocycles. The van der Waals surface area contributed by atoms with Crippen LogP contribution in [0.2, 0.25) is 0 Å². The summed E-state index contributed by atoms with van der Waals surface area (Å²) in [7, 11) is 0. The molecule has 102 valence electrons. The molecule has 1 fully saturated rings. The topological polar surface area (TPSA) is 24.5 Å². The van der Waals surface area contributed by atoms with Crippen LogP contribution in [0.25, 0.3) is 0 Å². The summed E-state index contributed by atoms with van der Waals surface area (Å²) >= 11 is 0. The molecule has 3 heteroatoms. The Hall–Kier alpha value is -0.120. The smallest absolute Gasteiger partial charge is 0.0752 e. The lowest BCUT2D eigenvalue weighted by Crippen LogP contribution is -2.54. The van der Waals surface area contributed by atoms with Gasteiger partial charge in [-0.15, -0.1) is 0 Å². The van der Waals surface area contributed by atoms with Crippen LogP contribution in [0.5, 0.6) is 0 Å². The fraction of sp³-hybridized carbons (Fsp3) is 1.00. The van der Waals surface area contributed by atoms with E-state index in [0.29, 0.717) is 6.04 Å².